The number of carbonyl (C=O) groups is 4. The summed E-state index contributed by atoms with van der Waals surface area (Å²) in [6.07, 6.45) is -1.36. The molecule has 7 rings (SSSR count). The first kappa shape index (κ1) is 47.4. The molecule has 12 heteroatoms. The molecule has 0 saturated carbocycles. The molecule has 12 nitrogen and oxygen atoms in total. The molecular formula is C55H57N3O9. The van der Waals surface area contributed by atoms with Crippen molar-refractivity contribution in [3.8, 4) is 28.4 Å². The van der Waals surface area contributed by atoms with E-state index < -0.39 is 42.1 Å². The van der Waals surface area contributed by atoms with Gasteiger partial charge < -0.3 is 39.6 Å². The summed E-state index contributed by atoms with van der Waals surface area (Å²) in [6, 6.07) is 41.4. The Balaban J connectivity index is 1.09. The fraction of sp³-hybridized carbons (Fsp3) is 0.273. The van der Waals surface area contributed by atoms with Gasteiger partial charge in [0.1, 0.15) is 35.5 Å². The van der Waals surface area contributed by atoms with Gasteiger partial charge >= 0.3 is 12.1 Å². The number of fused-ring (bicyclic) bond motifs is 3. The molecule has 0 saturated heterocycles. The lowest BCUT2D eigenvalue weighted by Gasteiger charge is -2.26. The van der Waals surface area contributed by atoms with E-state index in [1.54, 1.807) is 63.2 Å². The maximum Gasteiger partial charge on any atom is 0.407 e. The zero-order valence-electron chi connectivity index (χ0n) is 38.9. The van der Waals surface area contributed by atoms with Gasteiger partial charge in [-0.2, -0.15) is 0 Å². The zero-order chi connectivity index (χ0) is 47.7. The molecule has 2 atom stereocenters. The van der Waals surface area contributed by atoms with Crippen molar-refractivity contribution in [1.82, 2.24) is 16.0 Å². The van der Waals surface area contributed by atoms with Crippen LogP contribution in [0, 0.1) is 13.8 Å². The molecule has 67 heavy (non-hydrogen) atoms. The van der Waals surface area contributed by atoms with E-state index in [1.165, 1.54) is 14.2 Å². The highest BCUT2D eigenvalue weighted by atomic mass is 16.6. The molecule has 0 radical (unpaired) electrons. The number of benzene rings is 6. The van der Waals surface area contributed by atoms with Crippen molar-refractivity contribution in [3.05, 3.63) is 184 Å². The largest absolute Gasteiger partial charge is 0.497 e. The number of alkyl carbamates (subject to hydrolysis) is 1. The maximum absolute atomic E-state index is 14.5. The van der Waals surface area contributed by atoms with Crippen LogP contribution in [0.2, 0.25) is 0 Å². The van der Waals surface area contributed by atoms with Crippen LogP contribution in [0.4, 0.5) is 4.79 Å². The number of carbonyl (C=O) groups excluding carboxylic acids is 4. The highest BCUT2D eigenvalue weighted by Crippen LogP contribution is 2.44. The van der Waals surface area contributed by atoms with Crippen LogP contribution in [0.15, 0.2) is 140 Å². The Bertz CT molecular complexity index is 2600. The third-order valence-electron chi connectivity index (χ3n) is 11.5. The van der Waals surface area contributed by atoms with Crippen molar-refractivity contribution in [1.29, 1.82) is 0 Å². The SMILES string of the molecule is COc1ccc(C(NC(=O)[C@@H](CC(=O)OC(C)(C)C)NC(=O)OCC2c3ccccc3-c3ccccc32)c2ccc(OCC(=O)NC(c3ccc(C)cc3)c3ccc(C)cc3)cc2)c(OC)c1. The van der Waals surface area contributed by atoms with Crippen LogP contribution in [0.25, 0.3) is 11.1 Å². The van der Waals surface area contributed by atoms with Gasteiger partial charge in [0.15, 0.2) is 6.61 Å². The first-order chi connectivity index (χ1) is 32.2. The lowest BCUT2D eigenvalue weighted by Crippen LogP contribution is -2.49. The fourth-order valence-corrected chi connectivity index (χ4v) is 8.17. The Morgan fingerprint density at radius 2 is 1.15 bits per heavy atom. The molecule has 0 bridgehead atoms. The molecule has 346 valence electrons. The summed E-state index contributed by atoms with van der Waals surface area (Å²) in [5.41, 5.74) is 8.61. The Morgan fingerprint density at radius 3 is 1.70 bits per heavy atom. The second-order valence-corrected chi connectivity index (χ2v) is 17.5. The number of nitrogens with one attached hydrogen (secondary N) is 3. The van der Waals surface area contributed by atoms with Crippen molar-refractivity contribution in [3.63, 3.8) is 0 Å². The average Bonchev–Trinajstić information content (AvgIpc) is 3.64. The molecule has 3 amide bonds. The molecule has 0 spiro atoms. The summed E-state index contributed by atoms with van der Waals surface area (Å²) < 4.78 is 28.6. The van der Waals surface area contributed by atoms with E-state index in [4.69, 9.17) is 23.7 Å². The van der Waals surface area contributed by atoms with Crippen LogP contribution in [0.1, 0.15) is 89.7 Å². The molecule has 0 aliphatic heterocycles. The second kappa shape index (κ2) is 21.1. The number of methoxy groups -OCH3 is 2. The quantitative estimate of drug-likeness (QED) is 0.0761. The summed E-state index contributed by atoms with van der Waals surface area (Å²) in [5.74, 6) is -0.573. The van der Waals surface area contributed by atoms with Crippen molar-refractivity contribution < 1.29 is 42.9 Å². The third-order valence-corrected chi connectivity index (χ3v) is 11.5. The maximum atomic E-state index is 14.5. The fourth-order valence-electron chi connectivity index (χ4n) is 8.17. The zero-order valence-corrected chi connectivity index (χ0v) is 38.9. The summed E-state index contributed by atoms with van der Waals surface area (Å²) in [5, 5.41) is 8.82. The Hall–Kier alpha value is -7.60. The predicted octanol–water partition coefficient (Wildman–Crippen LogP) is 9.45. The van der Waals surface area contributed by atoms with E-state index in [2.05, 4.69) is 16.0 Å². The lowest BCUT2D eigenvalue weighted by atomic mass is 9.96. The van der Waals surface area contributed by atoms with Gasteiger partial charge in [-0.25, -0.2) is 4.79 Å². The molecule has 1 aliphatic rings. The number of hydrogen-bond acceptors (Lipinski definition) is 9. The van der Waals surface area contributed by atoms with Crippen LogP contribution in [0.3, 0.4) is 0 Å². The van der Waals surface area contributed by atoms with Gasteiger partial charge in [-0.1, -0.05) is 120 Å². The van der Waals surface area contributed by atoms with E-state index in [9.17, 15) is 19.2 Å². The molecule has 1 aliphatic carbocycles. The number of esters is 1. The van der Waals surface area contributed by atoms with Crippen LogP contribution in [-0.2, 0) is 23.9 Å². The first-order valence-corrected chi connectivity index (χ1v) is 22.2. The summed E-state index contributed by atoms with van der Waals surface area (Å²) >= 11 is 0. The minimum atomic E-state index is -1.40. The third kappa shape index (κ3) is 12.0. The standard InChI is InChI=1S/C55H57N3O9/c1-34-16-20-36(21-17-34)51(37-22-18-35(2)19-23-37)57-49(59)33-65-39-26-24-38(25-27-39)52(45-29-28-40(63-6)30-48(45)64-7)58-53(61)47(31-50(60)67-55(3,4)5)56-54(62)66-32-46-43-14-10-8-12-41(43)42-13-9-11-15-44(42)46/h8-30,46-47,51-52H,31-33H2,1-7H3,(H,56,62)(H,57,59)(H,58,61)/t47-,52?/m1/s1. The molecule has 3 N–H and O–H groups in total. The van der Waals surface area contributed by atoms with Crippen LogP contribution < -0.4 is 30.2 Å². The predicted molar refractivity (Wildman–Crippen MR) is 256 cm³/mol. The van der Waals surface area contributed by atoms with Crippen molar-refractivity contribution in [2.24, 2.45) is 0 Å². The molecular weight excluding hydrogens is 847 g/mol. The van der Waals surface area contributed by atoms with E-state index in [0.717, 1.165) is 44.5 Å². The van der Waals surface area contributed by atoms with Gasteiger partial charge in [-0.3, -0.25) is 14.4 Å². The monoisotopic (exact) mass is 903 g/mol. The van der Waals surface area contributed by atoms with Crippen LogP contribution >= 0.6 is 0 Å². The number of rotatable bonds is 17. The highest BCUT2D eigenvalue weighted by Gasteiger charge is 2.33. The van der Waals surface area contributed by atoms with Gasteiger partial charge in [0.2, 0.25) is 5.91 Å². The Morgan fingerprint density at radius 1 is 0.612 bits per heavy atom. The van der Waals surface area contributed by atoms with E-state index in [0.29, 0.717) is 28.4 Å². The number of aryl methyl sites for hydroxylation is 2. The van der Waals surface area contributed by atoms with Crippen LogP contribution in [-0.4, -0.2) is 63.0 Å². The first-order valence-electron chi connectivity index (χ1n) is 22.2. The van der Waals surface area contributed by atoms with Gasteiger partial charge in [0.25, 0.3) is 5.91 Å². The summed E-state index contributed by atoms with van der Waals surface area (Å²) in [6.45, 7) is 8.94. The molecule has 1 unspecified atom stereocenters. The second-order valence-electron chi connectivity index (χ2n) is 17.5. The highest BCUT2D eigenvalue weighted by molar-refractivity contribution is 5.90. The van der Waals surface area contributed by atoms with E-state index >= 15 is 0 Å². The molecule has 6 aromatic rings. The van der Waals surface area contributed by atoms with E-state index in [-0.39, 0.29) is 31.1 Å². The van der Waals surface area contributed by atoms with E-state index in [1.807, 2.05) is 111 Å². The summed E-state index contributed by atoms with van der Waals surface area (Å²) in [4.78, 5) is 54.9. The van der Waals surface area contributed by atoms with Crippen molar-refractivity contribution >= 4 is 23.9 Å². The molecule has 0 heterocycles. The number of hydrogen-bond donors (Lipinski definition) is 3. The van der Waals surface area contributed by atoms with Gasteiger partial charge in [-0.05, 0) is 97.8 Å². The lowest BCUT2D eigenvalue weighted by molar-refractivity contribution is -0.156. The van der Waals surface area contributed by atoms with Gasteiger partial charge in [0, 0.05) is 17.5 Å². The molecule has 6 aromatic carbocycles. The minimum Gasteiger partial charge on any atom is -0.497 e. The summed E-state index contributed by atoms with van der Waals surface area (Å²) in [7, 11) is 3.04. The molecule has 0 fully saturated rings. The minimum absolute atomic E-state index is 0.00244. The smallest absolute Gasteiger partial charge is 0.407 e. The normalized spacial score (nSPS) is 12.8. The molecule has 0 aromatic heterocycles. The number of ether oxygens (including phenoxy) is 5. The Kier molecular flexibility index (Phi) is 14.9. The number of amides is 3. The Labute approximate surface area is 392 Å². The van der Waals surface area contributed by atoms with Gasteiger partial charge in [0.05, 0.1) is 32.7 Å². The topological polar surface area (TPSA) is 151 Å². The van der Waals surface area contributed by atoms with Crippen LogP contribution in [0.5, 0.6) is 17.2 Å². The average molecular weight is 904 g/mol. The van der Waals surface area contributed by atoms with Crippen molar-refractivity contribution in [2.45, 2.75) is 70.7 Å². The van der Waals surface area contributed by atoms with Gasteiger partial charge in [-0.15, -0.1) is 0 Å². The van der Waals surface area contributed by atoms with Crippen molar-refractivity contribution in [2.75, 3.05) is 27.4 Å².